The van der Waals surface area contributed by atoms with Crippen LogP contribution in [0.15, 0.2) is 59.1 Å². The molecule has 3 rings (SSSR count). The summed E-state index contributed by atoms with van der Waals surface area (Å²) in [5, 5.41) is 0. The number of rotatable bonds is 7. The van der Waals surface area contributed by atoms with E-state index in [0.29, 0.717) is 18.8 Å². The number of ether oxygens (including phenoxy) is 3. The number of hydrogen-bond donors (Lipinski definition) is 0. The van der Waals surface area contributed by atoms with Crippen LogP contribution < -0.4 is 0 Å². The number of esters is 1. The third kappa shape index (κ3) is 5.90. The Hall–Kier alpha value is -1.69. The van der Waals surface area contributed by atoms with Gasteiger partial charge in [0.2, 0.25) is 0 Å². The van der Waals surface area contributed by atoms with Crippen LogP contribution in [0.1, 0.15) is 42.6 Å². The van der Waals surface area contributed by atoms with Gasteiger partial charge < -0.3 is 14.2 Å². The number of carbonyl (C=O) groups is 1. The van der Waals surface area contributed by atoms with E-state index >= 15 is 0 Å². The standard InChI is InChI=1S/C23H27BrO4/c1-16(14-27-23(25)19-9-11-20(24)12-10-19)22-21(13-8-17(2)28-22)26-15-18-6-4-3-5-7-18/h3-7,9-12,16-17,21-22H,8,13-15H2,1-2H3/t16-,17-,21-,22+/m0/s1. The van der Waals surface area contributed by atoms with Gasteiger partial charge in [0.25, 0.3) is 0 Å². The maximum atomic E-state index is 12.3. The first-order chi connectivity index (χ1) is 13.5. The van der Waals surface area contributed by atoms with Gasteiger partial charge in [-0.15, -0.1) is 0 Å². The van der Waals surface area contributed by atoms with Gasteiger partial charge in [0.05, 0.1) is 37.1 Å². The maximum Gasteiger partial charge on any atom is 0.338 e. The minimum atomic E-state index is -0.315. The second-order valence-electron chi connectivity index (χ2n) is 7.41. The van der Waals surface area contributed by atoms with Gasteiger partial charge in [-0.3, -0.25) is 0 Å². The fraction of sp³-hybridized carbons (Fsp3) is 0.435. The van der Waals surface area contributed by atoms with Crippen molar-refractivity contribution < 1.29 is 19.0 Å². The van der Waals surface area contributed by atoms with Crippen LogP contribution in [0.25, 0.3) is 0 Å². The molecule has 1 aliphatic heterocycles. The van der Waals surface area contributed by atoms with Crippen molar-refractivity contribution in [3.63, 3.8) is 0 Å². The van der Waals surface area contributed by atoms with Crippen LogP contribution in [-0.4, -0.2) is 30.9 Å². The molecule has 2 aromatic carbocycles. The maximum absolute atomic E-state index is 12.3. The summed E-state index contributed by atoms with van der Waals surface area (Å²) in [6, 6.07) is 17.3. The number of hydrogen-bond acceptors (Lipinski definition) is 4. The summed E-state index contributed by atoms with van der Waals surface area (Å²) >= 11 is 3.37. The Labute approximate surface area is 175 Å². The zero-order valence-corrected chi connectivity index (χ0v) is 17.9. The Morgan fingerprint density at radius 1 is 1.14 bits per heavy atom. The average molecular weight is 447 g/mol. The van der Waals surface area contributed by atoms with Crippen molar-refractivity contribution in [2.45, 2.75) is 51.6 Å². The first-order valence-electron chi connectivity index (χ1n) is 9.76. The van der Waals surface area contributed by atoms with E-state index in [0.717, 1.165) is 22.9 Å². The molecule has 0 spiro atoms. The second kappa shape index (κ2) is 10.2. The Kier molecular flexibility index (Phi) is 7.65. The quantitative estimate of drug-likeness (QED) is 0.534. The highest BCUT2D eigenvalue weighted by molar-refractivity contribution is 9.10. The molecule has 0 aromatic heterocycles. The molecule has 0 bridgehead atoms. The lowest BCUT2D eigenvalue weighted by Crippen LogP contribution is -2.44. The number of carbonyl (C=O) groups excluding carboxylic acids is 1. The summed E-state index contributed by atoms with van der Waals surface area (Å²) < 4.78 is 18.8. The molecule has 1 fully saturated rings. The van der Waals surface area contributed by atoms with Gasteiger partial charge >= 0.3 is 5.97 Å². The van der Waals surface area contributed by atoms with Crippen molar-refractivity contribution in [3.8, 4) is 0 Å². The molecule has 2 aromatic rings. The number of benzene rings is 2. The molecule has 4 atom stereocenters. The van der Waals surface area contributed by atoms with Crippen molar-refractivity contribution in [2.24, 2.45) is 5.92 Å². The molecule has 1 aliphatic rings. The van der Waals surface area contributed by atoms with E-state index in [1.165, 1.54) is 0 Å². The molecule has 0 radical (unpaired) electrons. The van der Waals surface area contributed by atoms with Gasteiger partial charge in [-0.2, -0.15) is 0 Å². The third-order valence-corrected chi connectivity index (χ3v) is 5.57. The lowest BCUT2D eigenvalue weighted by molar-refractivity contribution is -0.161. The van der Waals surface area contributed by atoms with Crippen LogP contribution in [0.5, 0.6) is 0 Å². The van der Waals surface area contributed by atoms with Crippen molar-refractivity contribution in [2.75, 3.05) is 6.61 Å². The fourth-order valence-corrected chi connectivity index (χ4v) is 3.68. The molecule has 4 nitrogen and oxygen atoms in total. The first-order valence-corrected chi connectivity index (χ1v) is 10.6. The van der Waals surface area contributed by atoms with Crippen LogP contribution in [0.4, 0.5) is 0 Å². The van der Waals surface area contributed by atoms with E-state index in [1.54, 1.807) is 12.1 Å². The zero-order chi connectivity index (χ0) is 19.9. The van der Waals surface area contributed by atoms with Gasteiger partial charge in [-0.05, 0) is 49.6 Å². The highest BCUT2D eigenvalue weighted by atomic mass is 79.9. The lowest BCUT2D eigenvalue weighted by atomic mass is 9.93. The minimum Gasteiger partial charge on any atom is -0.462 e. The van der Waals surface area contributed by atoms with Gasteiger partial charge in [-0.1, -0.05) is 53.2 Å². The molecular weight excluding hydrogens is 420 g/mol. The summed E-state index contributed by atoms with van der Waals surface area (Å²) in [5.74, 6) is -0.270. The first kappa shape index (κ1) is 21.0. The summed E-state index contributed by atoms with van der Waals surface area (Å²) in [4.78, 5) is 12.3. The summed E-state index contributed by atoms with van der Waals surface area (Å²) in [6.45, 7) is 5.00. The fourth-order valence-electron chi connectivity index (χ4n) is 3.41. The molecule has 28 heavy (non-hydrogen) atoms. The van der Waals surface area contributed by atoms with E-state index < -0.39 is 0 Å². The predicted molar refractivity (Wildman–Crippen MR) is 112 cm³/mol. The SMILES string of the molecule is C[C@H]1CC[C@H](OCc2ccccc2)[C@@H]([C@@H](C)COC(=O)c2ccc(Br)cc2)O1. The van der Waals surface area contributed by atoms with Crippen LogP contribution in [0, 0.1) is 5.92 Å². The van der Waals surface area contributed by atoms with E-state index in [-0.39, 0.29) is 30.2 Å². The molecule has 1 heterocycles. The molecule has 0 saturated carbocycles. The Morgan fingerprint density at radius 3 is 2.57 bits per heavy atom. The molecule has 150 valence electrons. The van der Waals surface area contributed by atoms with Crippen LogP contribution in [-0.2, 0) is 20.8 Å². The van der Waals surface area contributed by atoms with E-state index in [2.05, 4.69) is 41.9 Å². The predicted octanol–water partition coefficient (Wildman–Crippen LogP) is 5.39. The molecule has 0 unspecified atom stereocenters. The molecule has 0 aliphatic carbocycles. The van der Waals surface area contributed by atoms with Crippen molar-refractivity contribution in [1.29, 1.82) is 0 Å². The molecule has 5 heteroatoms. The second-order valence-corrected chi connectivity index (χ2v) is 8.32. The van der Waals surface area contributed by atoms with Gasteiger partial charge in [0, 0.05) is 10.4 Å². The molecule has 0 N–H and O–H groups in total. The van der Waals surface area contributed by atoms with Crippen molar-refractivity contribution >= 4 is 21.9 Å². The largest absolute Gasteiger partial charge is 0.462 e. The van der Waals surface area contributed by atoms with E-state index in [9.17, 15) is 4.79 Å². The summed E-state index contributed by atoms with van der Waals surface area (Å²) in [5.41, 5.74) is 1.69. The lowest BCUT2D eigenvalue weighted by Gasteiger charge is -2.38. The van der Waals surface area contributed by atoms with E-state index in [1.807, 2.05) is 30.3 Å². The van der Waals surface area contributed by atoms with Crippen molar-refractivity contribution in [3.05, 3.63) is 70.2 Å². The van der Waals surface area contributed by atoms with Crippen LogP contribution in [0.3, 0.4) is 0 Å². The monoisotopic (exact) mass is 446 g/mol. The average Bonchev–Trinajstić information content (AvgIpc) is 2.72. The van der Waals surface area contributed by atoms with Crippen LogP contribution in [0.2, 0.25) is 0 Å². The normalized spacial score (nSPS) is 23.2. The van der Waals surface area contributed by atoms with Gasteiger partial charge in [0.1, 0.15) is 0 Å². The highest BCUT2D eigenvalue weighted by Gasteiger charge is 2.34. The Bertz CT molecular complexity index is 747. The minimum absolute atomic E-state index is 0.00205. The highest BCUT2D eigenvalue weighted by Crippen LogP contribution is 2.28. The topological polar surface area (TPSA) is 44.8 Å². The summed E-state index contributed by atoms with van der Waals surface area (Å²) in [6.07, 6.45) is 2.01. The van der Waals surface area contributed by atoms with E-state index in [4.69, 9.17) is 14.2 Å². The summed E-state index contributed by atoms with van der Waals surface area (Å²) in [7, 11) is 0. The molecule has 0 amide bonds. The number of halogens is 1. The molecular formula is C23H27BrO4. The van der Waals surface area contributed by atoms with Gasteiger partial charge in [-0.25, -0.2) is 4.79 Å². The van der Waals surface area contributed by atoms with Crippen molar-refractivity contribution in [1.82, 2.24) is 0 Å². The zero-order valence-electron chi connectivity index (χ0n) is 16.3. The third-order valence-electron chi connectivity index (χ3n) is 5.04. The van der Waals surface area contributed by atoms with Gasteiger partial charge in [0.15, 0.2) is 0 Å². The van der Waals surface area contributed by atoms with Crippen LogP contribution >= 0.6 is 15.9 Å². The Balaban J connectivity index is 1.56. The smallest absolute Gasteiger partial charge is 0.338 e. The molecule has 1 saturated heterocycles. The Morgan fingerprint density at radius 2 is 1.86 bits per heavy atom.